The van der Waals surface area contributed by atoms with Gasteiger partial charge in [0, 0.05) is 34.4 Å². The fourth-order valence-electron chi connectivity index (χ4n) is 2.74. The molecule has 0 atom stereocenters. The van der Waals surface area contributed by atoms with Crippen molar-refractivity contribution in [3.05, 3.63) is 76.2 Å². The van der Waals surface area contributed by atoms with Crippen LogP contribution in [-0.2, 0) is 17.8 Å². The van der Waals surface area contributed by atoms with E-state index in [0.29, 0.717) is 36.1 Å². The first-order chi connectivity index (χ1) is 13.2. The zero-order valence-electron chi connectivity index (χ0n) is 14.3. The molecule has 0 saturated carbocycles. The third-order valence-electron chi connectivity index (χ3n) is 4.08. The van der Waals surface area contributed by atoms with Crippen LogP contribution in [0.5, 0.6) is 11.6 Å². The summed E-state index contributed by atoms with van der Waals surface area (Å²) in [6, 6.07) is 12.7. The zero-order valence-corrected chi connectivity index (χ0v) is 15.9. The van der Waals surface area contributed by atoms with Crippen LogP contribution in [0.15, 0.2) is 59.3 Å². The Labute approximate surface area is 164 Å². The van der Waals surface area contributed by atoms with Gasteiger partial charge < -0.3 is 14.8 Å². The van der Waals surface area contributed by atoms with Crippen LogP contribution in [0.25, 0.3) is 0 Å². The van der Waals surface area contributed by atoms with Crippen LogP contribution >= 0.6 is 15.9 Å². The second kappa shape index (κ2) is 7.85. The average molecular weight is 426 g/mol. The van der Waals surface area contributed by atoms with E-state index in [2.05, 4.69) is 31.2 Å². The molecular weight excluding hydrogens is 410 g/mol. The summed E-state index contributed by atoms with van der Waals surface area (Å²) in [5.74, 6) is 0.823. The van der Waals surface area contributed by atoms with E-state index in [1.807, 2.05) is 30.3 Å². The quantitative estimate of drug-likeness (QED) is 0.672. The van der Waals surface area contributed by atoms with Gasteiger partial charge >= 0.3 is 0 Å². The lowest BCUT2D eigenvalue weighted by molar-refractivity contribution is 0.102. The van der Waals surface area contributed by atoms with E-state index >= 15 is 0 Å². The SMILES string of the molecule is O=C(Nc1cnc2c(c1)COCC2)c1ccc(Oc2cccc(Br)c2)nc1. The maximum Gasteiger partial charge on any atom is 0.257 e. The van der Waals surface area contributed by atoms with Gasteiger partial charge in [-0.05, 0) is 30.3 Å². The molecular formula is C20H16BrN3O3. The van der Waals surface area contributed by atoms with Gasteiger partial charge in [0.2, 0.25) is 5.88 Å². The minimum absolute atomic E-state index is 0.255. The lowest BCUT2D eigenvalue weighted by Crippen LogP contribution is -2.15. The lowest BCUT2D eigenvalue weighted by atomic mass is 10.1. The number of nitrogens with one attached hydrogen (secondary N) is 1. The van der Waals surface area contributed by atoms with Crippen molar-refractivity contribution < 1.29 is 14.3 Å². The molecule has 1 amide bonds. The summed E-state index contributed by atoms with van der Waals surface area (Å²) in [5.41, 5.74) is 3.11. The summed E-state index contributed by atoms with van der Waals surface area (Å²) in [4.78, 5) is 21.0. The van der Waals surface area contributed by atoms with Gasteiger partial charge in [0.05, 0.1) is 30.7 Å². The number of rotatable bonds is 4. The number of carbonyl (C=O) groups excluding carboxylic acids is 1. The summed E-state index contributed by atoms with van der Waals surface area (Å²) in [6.45, 7) is 1.21. The molecule has 0 unspecified atom stereocenters. The average Bonchev–Trinajstić information content (AvgIpc) is 2.68. The van der Waals surface area contributed by atoms with Crippen molar-refractivity contribution in [3.63, 3.8) is 0 Å². The first-order valence-corrected chi connectivity index (χ1v) is 9.23. The monoisotopic (exact) mass is 425 g/mol. The Morgan fingerprint density at radius 3 is 2.89 bits per heavy atom. The van der Waals surface area contributed by atoms with Crippen LogP contribution in [0.3, 0.4) is 0 Å². The van der Waals surface area contributed by atoms with Crippen LogP contribution in [0, 0.1) is 0 Å². The summed E-state index contributed by atoms with van der Waals surface area (Å²) in [7, 11) is 0. The molecule has 0 radical (unpaired) electrons. The van der Waals surface area contributed by atoms with Gasteiger partial charge in [-0.1, -0.05) is 22.0 Å². The van der Waals surface area contributed by atoms with Crippen molar-refractivity contribution in [2.45, 2.75) is 13.0 Å². The second-order valence-corrected chi connectivity index (χ2v) is 6.95. The van der Waals surface area contributed by atoms with Gasteiger partial charge in [0.25, 0.3) is 5.91 Å². The molecule has 0 spiro atoms. The zero-order chi connectivity index (χ0) is 18.6. The highest BCUT2D eigenvalue weighted by molar-refractivity contribution is 9.10. The minimum Gasteiger partial charge on any atom is -0.439 e. The first kappa shape index (κ1) is 17.6. The third-order valence-corrected chi connectivity index (χ3v) is 4.57. The Hall–Kier alpha value is -2.77. The van der Waals surface area contributed by atoms with Crippen molar-refractivity contribution >= 4 is 27.5 Å². The first-order valence-electron chi connectivity index (χ1n) is 8.44. The molecule has 1 aliphatic rings. The van der Waals surface area contributed by atoms with E-state index in [9.17, 15) is 4.79 Å². The van der Waals surface area contributed by atoms with Crippen LogP contribution < -0.4 is 10.1 Å². The normalized spacial score (nSPS) is 12.9. The number of carbonyl (C=O) groups is 1. The number of ether oxygens (including phenoxy) is 2. The maximum atomic E-state index is 12.4. The van der Waals surface area contributed by atoms with E-state index in [1.54, 1.807) is 18.3 Å². The molecule has 0 bridgehead atoms. The molecule has 4 rings (SSSR count). The Morgan fingerprint density at radius 2 is 2.07 bits per heavy atom. The summed E-state index contributed by atoms with van der Waals surface area (Å²) < 4.78 is 12.0. The number of fused-ring (bicyclic) bond motifs is 1. The van der Waals surface area contributed by atoms with Crippen LogP contribution in [-0.4, -0.2) is 22.5 Å². The van der Waals surface area contributed by atoms with Gasteiger partial charge in [0.1, 0.15) is 5.75 Å². The molecule has 3 heterocycles. The molecule has 1 aliphatic heterocycles. The minimum atomic E-state index is -0.255. The molecule has 6 nitrogen and oxygen atoms in total. The molecule has 3 aromatic rings. The van der Waals surface area contributed by atoms with E-state index in [0.717, 1.165) is 22.2 Å². The van der Waals surface area contributed by atoms with Crippen LogP contribution in [0.1, 0.15) is 21.6 Å². The van der Waals surface area contributed by atoms with E-state index in [1.165, 1.54) is 6.20 Å². The molecule has 136 valence electrons. The number of pyridine rings is 2. The Balaban J connectivity index is 1.43. The topological polar surface area (TPSA) is 73.3 Å². The molecule has 0 saturated heterocycles. The number of aromatic nitrogens is 2. The Kier molecular flexibility index (Phi) is 5.13. The highest BCUT2D eigenvalue weighted by Gasteiger charge is 2.13. The molecule has 2 aromatic heterocycles. The summed E-state index contributed by atoms with van der Waals surface area (Å²) >= 11 is 3.39. The smallest absolute Gasteiger partial charge is 0.257 e. The largest absolute Gasteiger partial charge is 0.439 e. The van der Waals surface area contributed by atoms with Crippen molar-refractivity contribution in [1.82, 2.24) is 9.97 Å². The second-order valence-electron chi connectivity index (χ2n) is 6.03. The summed E-state index contributed by atoms with van der Waals surface area (Å²) in [6.07, 6.45) is 3.95. The third kappa shape index (κ3) is 4.32. The van der Waals surface area contributed by atoms with E-state index in [-0.39, 0.29) is 5.91 Å². The molecule has 0 aliphatic carbocycles. The van der Waals surface area contributed by atoms with E-state index in [4.69, 9.17) is 9.47 Å². The fraction of sp³-hybridized carbons (Fsp3) is 0.150. The van der Waals surface area contributed by atoms with E-state index < -0.39 is 0 Å². The predicted molar refractivity (Wildman–Crippen MR) is 104 cm³/mol. The van der Waals surface area contributed by atoms with Crippen molar-refractivity contribution in [2.24, 2.45) is 0 Å². The molecule has 0 fully saturated rings. The Bertz CT molecular complexity index is 976. The highest BCUT2D eigenvalue weighted by Crippen LogP contribution is 2.23. The number of hydrogen-bond acceptors (Lipinski definition) is 5. The Morgan fingerprint density at radius 1 is 1.15 bits per heavy atom. The molecule has 7 heteroatoms. The van der Waals surface area contributed by atoms with Gasteiger partial charge in [-0.15, -0.1) is 0 Å². The van der Waals surface area contributed by atoms with Crippen molar-refractivity contribution in [1.29, 1.82) is 0 Å². The van der Waals surface area contributed by atoms with Gasteiger partial charge in [-0.2, -0.15) is 0 Å². The number of anilines is 1. The fourth-order valence-corrected chi connectivity index (χ4v) is 3.12. The van der Waals surface area contributed by atoms with Gasteiger partial charge in [-0.3, -0.25) is 9.78 Å². The van der Waals surface area contributed by atoms with Crippen molar-refractivity contribution in [3.8, 4) is 11.6 Å². The molecule has 27 heavy (non-hydrogen) atoms. The number of amides is 1. The number of nitrogens with zero attached hydrogens (tertiary/aromatic N) is 2. The number of benzene rings is 1. The highest BCUT2D eigenvalue weighted by atomic mass is 79.9. The predicted octanol–water partition coefficient (Wildman–Crippen LogP) is 4.36. The van der Waals surface area contributed by atoms with Crippen molar-refractivity contribution in [2.75, 3.05) is 11.9 Å². The van der Waals surface area contributed by atoms with Gasteiger partial charge in [0.15, 0.2) is 0 Å². The number of halogens is 1. The molecule has 1 aromatic carbocycles. The maximum absolute atomic E-state index is 12.4. The standard InChI is InChI=1S/C20H16BrN3O3/c21-15-2-1-3-17(9-15)27-19-5-4-13(10-23-19)20(25)24-16-8-14-12-26-7-6-18(14)22-11-16/h1-5,8-11H,6-7,12H2,(H,24,25). The van der Waals surface area contributed by atoms with Crippen LogP contribution in [0.2, 0.25) is 0 Å². The van der Waals surface area contributed by atoms with Crippen LogP contribution in [0.4, 0.5) is 5.69 Å². The number of hydrogen-bond donors (Lipinski definition) is 1. The van der Waals surface area contributed by atoms with Gasteiger partial charge in [-0.25, -0.2) is 4.98 Å². The summed E-state index contributed by atoms with van der Waals surface area (Å²) in [5, 5.41) is 2.84. The lowest BCUT2D eigenvalue weighted by Gasteiger charge is -2.16. The molecule has 1 N–H and O–H groups in total.